The minimum absolute atomic E-state index is 0.00296. The summed E-state index contributed by atoms with van der Waals surface area (Å²) in [4.78, 5) is 18.4. The molecular weight excluding hydrogens is 354 g/mol. The number of ether oxygens (including phenoxy) is 1. The van der Waals surface area contributed by atoms with Crippen molar-refractivity contribution in [2.45, 2.75) is 33.2 Å². The lowest BCUT2D eigenvalue weighted by Crippen LogP contribution is -2.45. The van der Waals surface area contributed by atoms with Gasteiger partial charge in [0.25, 0.3) is 0 Å². The van der Waals surface area contributed by atoms with E-state index in [0.29, 0.717) is 25.6 Å². The number of halogens is 2. The highest BCUT2D eigenvalue weighted by molar-refractivity contribution is 5.81. The average molecular weight is 382 g/mol. The van der Waals surface area contributed by atoms with E-state index < -0.39 is 11.6 Å². The number of hydrogen-bond donors (Lipinski definition) is 2. The SMILES string of the molecule is CCNC(=NCCOc1ccc(F)cc1F)NC1CCN(C(=O)C(C)C)C1. The van der Waals surface area contributed by atoms with Gasteiger partial charge in [-0.15, -0.1) is 0 Å². The molecule has 1 aromatic carbocycles. The van der Waals surface area contributed by atoms with Crippen molar-refractivity contribution in [3.05, 3.63) is 29.8 Å². The zero-order chi connectivity index (χ0) is 19.8. The number of hydrogen-bond acceptors (Lipinski definition) is 3. The Labute approximate surface area is 159 Å². The first-order chi connectivity index (χ1) is 12.9. The summed E-state index contributed by atoms with van der Waals surface area (Å²) in [7, 11) is 0. The Bertz CT molecular complexity index is 667. The van der Waals surface area contributed by atoms with E-state index in [9.17, 15) is 13.6 Å². The summed E-state index contributed by atoms with van der Waals surface area (Å²) in [5.41, 5.74) is 0. The monoisotopic (exact) mass is 382 g/mol. The number of carbonyl (C=O) groups is 1. The van der Waals surface area contributed by atoms with Crippen molar-refractivity contribution in [1.82, 2.24) is 15.5 Å². The molecule has 2 rings (SSSR count). The lowest BCUT2D eigenvalue weighted by atomic mass is 10.2. The molecule has 150 valence electrons. The Kier molecular flexibility index (Phi) is 7.82. The van der Waals surface area contributed by atoms with E-state index in [1.165, 1.54) is 6.07 Å². The van der Waals surface area contributed by atoms with Crippen LogP contribution >= 0.6 is 0 Å². The maximum atomic E-state index is 13.5. The molecule has 0 radical (unpaired) electrons. The molecular formula is C19H28F2N4O2. The normalized spacial score (nSPS) is 17.3. The van der Waals surface area contributed by atoms with Crippen molar-refractivity contribution in [3.8, 4) is 5.75 Å². The van der Waals surface area contributed by atoms with Crippen molar-refractivity contribution in [2.24, 2.45) is 10.9 Å². The predicted molar refractivity (Wildman–Crippen MR) is 101 cm³/mol. The van der Waals surface area contributed by atoms with Crippen LogP contribution in [0.1, 0.15) is 27.2 Å². The Morgan fingerprint density at radius 3 is 2.85 bits per heavy atom. The maximum absolute atomic E-state index is 13.5. The molecule has 0 saturated carbocycles. The van der Waals surface area contributed by atoms with Crippen LogP contribution in [-0.4, -0.2) is 55.6 Å². The van der Waals surface area contributed by atoms with E-state index in [2.05, 4.69) is 15.6 Å². The number of benzene rings is 1. The topological polar surface area (TPSA) is 66.0 Å². The first-order valence-corrected chi connectivity index (χ1v) is 9.32. The third-order valence-electron chi connectivity index (χ3n) is 4.19. The second-order valence-electron chi connectivity index (χ2n) is 6.75. The van der Waals surface area contributed by atoms with Gasteiger partial charge in [0.15, 0.2) is 17.5 Å². The summed E-state index contributed by atoms with van der Waals surface area (Å²) in [5.74, 6) is -0.582. The van der Waals surface area contributed by atoms with Gasteiger partial charge >= 0.3 is 0 Å². The fourth-order valence-electron chi connectivity index (χ4n) is 2.86. The number of nitrogens with one attached hydrogen (secondary N) is 2. The van der Waals surface area contributed by atoms with E-state index in [0.717, 1.165) is 25.1 Å². The third-order valence-corrected chi connectivity index (χ3v) is 4.19. The van der Waals surface area contributed by atoms with Crippen LogP contribution in [0.4, 0.5) is 8.78 Å². The standard InChI is InChI=1S/C19H28F2N4O2/c1-4-22-19(24-15-7-9-25(12-15)18(26)13(2)3)23-8-10-27-17-6-5-14(20)11-16(17)21/h5-6,11,13,15H,4,7-10,12H2,1-3H3,(H2,22,23,24). The fraction of sp³-hybridized carbons (Fsp3) is 0.579. The Morgan fingerprint density at radius 2 is 2.19 bits per heavy atom. The molecule has 1 aromatic rings. The number of amides is 1. The van der Waals surface area contributed by atoms with E-state index in [4.69, 9.17) is 4.74 Å². The Hall–Kier alpha value is -2.38. The van der Waals surface area contributed by atoms with Crippen LogP contribution in [0.3, 0.4) is 0 Å². The third kappa shape index (κ3) is 6.37. The van der Waals surface area contributed by atoms with E-state index in [1.54, 1.807) is 0 Å². The molecule has 0 aliphatic carbocycles. The second kappa shape index (κ2) is 10.1. The zero-order valence-electron chi connectivity index (χ0n) is 16.1. The van der Waals surface area contributed by atoms with Crippen LogP contribution in [0.15, 0.2) is 23.2 Å². The van der Waals surface area contributed by atoms with Crippen molar-refractivity contribution in [1.29, 1.82) is 0 Å². The molecule has 0 aromatic heterocycles. The largest absolute Gasteiger partial charge is 0.489 e. The number of guanidine groups is 1. The summed E-state index contributed by atoms with van der Waals surface area (Å²) >= 11 is 0. The van der Waals surface area contributed by atoms with Gasteiger partial charge in [-0.05, 0) is 25.5 Å². The molecule has 0 bridgehead atoms. The van der Waals surface area contributed by atoms with Gasteiger partial charge in [0.2, 0.25) is 5.91 Å². The first-order valence-electron chi connectivity index (χ1n) is 9.32. The van der Waals surface area contributed by atoms with Crippen LogP contribution in [0.5, 0.6) is 5.75 Å². The van der Waals surface area contributed by atoms with Crippen molar-refractivity contribution < 1.29 is 18.3 Å². The molecule has 27 heavy (non-hydrogen) atoms. The van der Waals surface area contributed by atoms with Crippen LogP contribution < -0.4 is 15.4 Å². The molecule has 1 heterocycles. The molecule has 0 spiro atoms. The van der Waals surface area contributed by atoms with Crippen LogP contribution in [0, 0.1) is 17.6 Å². The first kappa shape index (κ1) is 20.9. The average Bonchev–Trinajstić information content (AvgIpc) is 3.08. The summed E-state index contributed by atoms with van der Waals surface area (Å²) in [5, 5.41) is 6.47. The van der Waals surface area contributed by atoms with Crippen LogP contribution in [0.25, 0.3) is 0 Å². The van der Waals surface area contributed by atoms with Gasteiger partial charge in [-0.2, -0.15) is 0 Å². The maximum Gasteiger partial charge on any atom is 0.225 e. The minimum Gasteiger partial charge on any atom is -0.489 e. The molecule has 1 aliphatic rings. The lowest BCUT2D eigenvalue weighted by Gasteiger charge is -2.20. The molecule has 1 fully saturated rings. The number of likely N-dealkylation sites (tertiary alicyclic amines) is 1. The smallest absolute Gasteiger partial charge is 0.225 e. The van der Waals surface area contributed by atoms with Gasteiger partial charge in [-0.1, -0.05) is 13.8 Å². The summed E-state index contributed by atoms with van der Waals surface area (Å²) in [6, 6.07) is 3.34. The number of nitrogens with zero attached hydrogens (tertiary/aromatic N) is 2. The van der Waals surface area contributed by atoms with Gasteiger partial charge < -0.3 is 20.3 Å². The molecule has 1 saturated heterocycles. The molecule has 1 unspecified atom stereocenters. The zero-order valence-corrected chi connectivity index (χ0v) is 16.1. The van der Waals surface area contributed by atoms with Gasteiger partial charge in [-0.25, -0.2) is 13.8 Å². The lowest BCUT2D eigenvalue weighted by molar-refractivity contribution is -0.133. The van der Waals surface area contributed by atoms with E-state index >= 15 is 0 Å². The highest BCUT2D eigenvalue weighted by Crippen LogP contribution is 2.17. The van der Waals surface area contributed by atoms with Gasteiger partial charge in [0.05, 0.1) is 6.54 Å². The molecule has 1 atom stereocenters. The second-order valence-corrected chi connectivity index (χ2v) is 6.75. The quantitative estimate of drug-likeness (QED) is 0.431. The summed E-state index contributed by atoms with van der Waals surface area (Å²) in [6.07, 6.45) is 0.861. The Morgan fingerprint density at radius 1 is 1.41 bits per heavy atom. The number of carbonyl (C=O) groups excluding carboxylic acids is 1. The number of aliphatic imine (C=N–C) groups is 1. The molecule has 8 heteroatoms. The predicted octanol–water partition coefficient (Wildman–Crippen LogP) is 2.16. The van der Waals surface area contributed by atoms with Crippen LogP contribution in [-0.2, 0) is 4.79 Å². The number of rotatable bonds is 7. The van der Waals surface area contributed by atoms with E-state index in [-0.39, 0.29) is 30.2 Å². The Balaban J connectivity index is 1.83. The fourth-order valence-corrected chi connectivity index (χ4v) is 2.86. The molecule has 1 aliphatic heterocycles. The van der Waals surface area contributed by atoms with Gasteiger partial charge in [0.1, 0.15) is 12.4 Å². The molecule has 2 N–H and O–H groups in total. The van der Waals surface area contributed by atoms with E-state index in [1.807, 2.05) is 25.7 Å². The highest BCUT2D eigenvalue weighted by Gasteiger charge is 2.27. The highest BCUT2D eigenvalue weighted by atomic mass is 19.1. The van der Waals surface area contributed by atoms with Crippen molar-refractivity contribution in [3.63, 3.8) is 0 Å². The van der Waals surface area contributed by atoms with Crippen molar-refractivity contribution in [2.75, 3.05) is 32.8 Å². The summed E-state index contributed by atoms with van der Waals surface area (Å²) < 4.78 is 31.7. The van der Waals surface area contributed by atoms with Crippen molar-refractivity contribution >= 4 is 11.9 Å². The van der Waals surface area contributed by atoms with Gasteiger partial charge in [0, 0.05) is 37.7 Å². The van der Waals surface area contributed by atoms with Gasteiger partial charge in [-0.3, -0.25) is 4.79 Å². The summed E-state index contributed by atoms with van der Waals surface area (Å²) in [6.45, 7) is 8.33. The molecule has 6 nitrogen and oxygen atoms in total. The van der Waals surface area contributed by atoms with Crippen LogP contribution in [0.2, 0.25) is 0 Å². The molecule has 1 amide bonds. The minimum atomic E-state index is -0.732.